The van der Waals surface area contributed by atoms with E-state index in [0.29, 0.717) is 21.2 Å². The van der Waals surface area contributed by atoms with Gasteiger partial charge in [0.2, 0.25) is 0 Å². The van der Waals surface area contributed by atoms with Gasteiger partial charge in [0.05, 0.1) is 22.2 Å². The maximum atomic E-state index is 12.5. The number of benzene rings is 2. The summed E-state index contributed by atoms with van der Waals surface area (Å²) < 4.78 is 5.70. The minimum atomic E-state index is -0.786. The van der Waals surface area contributed by atoms with Crippen molar-refractivity contribution in [2.24, 2.45) is 5.73 Å². The fourth-order valence-electron chi connectivity index (χ4n) is 2.05. The summed E-state index contributed by atoms with van der Waals surface area (Å²) >= 11 is 11.9. The van der Waals surface area contributed by atoms with E-state index in [-0.39, 0.29) is 24.3 Å². The largest absolute Gasteiger partial charge is 0.491 e. The van der Waals surface area contributed by atoms with Crippen molar-refractivity contribution in [2.45, 2.75) is 32.4 Å². The smallest absolute Gasteiger partial charge is 0.184 e. The first-order chi connectivity index (χ1) is 10.9. The molecule has 2 rings (SSSR count). The van der Waals surface area contributed by atoms with Crippen LogP contribution < -0.4 is 10.5 Å². The topological polar surface area (TPSA) is 52.3 Å². The Morgan fingerprint density at radius 3 is 2.29 bits per heavy atom. The maximum absolute atomic E-state index is 12.5. The molecule has 2 unspecified atom stereocenters. The van der Waals surface area contributed by atoms with Gasteiger partial charge in [-0.2, -0.15) is 0 Å². The molecule has 3 nitrogen and oxygen atoms in total. The van der Waals surface area contributed by atoms with Crippen molar-refractivity contribution in [3.05, 3.63) is 63.6 Å². The minimum absolute atomic E-state index is 0. The first-order valence-electron chi connectivity index (χ1n) is 7.43. The number of Topliss-reactive ketones (excluding diaryl/α,β-unsaturated/α-hetero) is 1. The summed E-state index contributed by atoms with van der Waals surface area (Å²) in [5.74, 6) is 0.553. The van der Waals surface area contributed by atoms with Crippen LogP contribution in [0.5, 0.6) is 5.75 Å². The molecule has 2 atom stereocenters. The minimum Gasteiger partial charge on any atom is -0.491 e. The Morgan fingerprint density at radius 1 is 1.12 bits per heavy atom. The molecule has 0 heterocycles. The van der Waals surface area contributed by atoms with E-state index in [1.165, 1.54) is 0 Å². The summed E-state index contributed by atoms with van der Waals surface area (Å²) in [7, 11) is 0. The molecule has 0 amide bonds. The van der Waals surface area contributed by atoms with E-state index >= 15 is 0 Å². The summed E-state index contributed by atoms with van der Waals surface area (Å²) in [6.45, 7) is 4.05. The SMILES string of the molecule is CCC(C)Oc1ccc(C(=O)C(N)c2ccc(Cl)c(Cl)c2)cc1.Cl. The van der Waals surface area contributed by atoms with Crippen molar-refractivity contribution in [1.29, 1.82) is 0 Å². The standard InChI is InChI=1S/C18H19Cl2NO2.ClH/c1-3-11(2)23-14-7-4-12(5-8-14)18(22)17(21)13-6-9-15(19)16(20)10-13;/h4-11,17H,3,21H2,1-2H3;1H. The summed E-state index contributed by atoms with van der Waals surface area (Å²) in [5.41, 5.74) is 7.20. The molecule has 2 aromatic rings. The number of halogens is 3. The van der Waals surface area contributed by atoms with Crippen molar-refractivity contribution < 1.29 is 9.53 Å². The van der Waals surface area contributed by atoms with Crippen molar-refractivity contribution in [1.82, 2.24) is 0 Å². The van der Waals surface area contributed by atoms with Crippen LogP contribution in [0.4, 0.5) is 0 Å². The number of carbonyl (C=O) groups is 1. The van der Waals surface area contributed by atoms with E-state index < -0.39 is 6.04 Å². The number of ketones is 1. The molecule has 0 saturated heterocycles. The van der Waals surface area contributed by atoms with Gasteiger partial charge in [0.1, 0.15) is 5.75 Å². The van der Waals surface area contributed by atoms with Gasteiger partial charge in [-0.15, -0.1) is 12.4 Å². The predicted octanol–water partition coefficient (Wildman–Crippen LogP) is 5.48. The number of hydrogen-bond acceptors (Lipinski definition) is 3. The van der Waals surface area contributed by atoms with E-state index in [0.717, 1.165) is 12.2 Å². The second-order valence-corrected chi connectivity index (χ2v) is 6.19. The zero-order valence-electron chi connectivity index (χ0n) is 13.5. The molecule has 0 aliphatic rings. The highest BCUT2D eigenvalue weighted by Crippen LogP contribution is 2.26. The number of nitrogens with two attached hydrogens (primary N) is 1. The van der Waals surface area contributed by atoms with E-state index in [1.54, 1.807) is 42.5 Å². The zero-order chi connectivity index (χ0) is 17.0. The van der Waals surface area contributed by atoms with Crippen LogP contribution in [0.1, 0.15) is 42.2 Å². The third-order valence-electron chi connectivity index (χ3n) is 3.64. The van der Waals surface area contributed by atoms with E-state index in [4.69, 9.17) is 33.7 Å². The van der Waals surface area contributed by atoms with Crippen LogP contribution in [0.3, 0.4) is 0 Å². The monoisotopic (exact) mass is 387 g/mol. The van der Waals surface area contributed by atoms with E-state index in [9.17, 15) is 4.79 Å². The van der Waals surface area contributed by atoms with Gasteiger partial charge in [-0.05, 0) is 55.3 Å². The van der Waals surface area contributed by atoms with Crippen molar-refractivity contribution in [2.75, 3.05) is 0 Å². The lowest BCUT2D eigenvalue weighted by atomic mass is 9.98. The summed E-state index contributed by atoms with van der Waals surface area (Å²) in [6, 6.07) is 11.2. The van der Waals surface area contributed by atoms with Crippen molar-refractivity contribution in [3.8, 4) is 5.75 Å². The Bertz CT molecular complexity index is 689. The van der Waals surface area contributed by atoms with E-state index in [2.05, 4.69) is 6.92 Å². The molecular formula is C18H20Cl3NO2. The fourth-order valence-corrected chi connectivity index (χ4v) is 2.36. The van der Waals surface area contributed by atoms with Crippen LogP contribution in [0.15, 0.2) is 42.5 Å². The fraction of sp³-hybridized carbons (Fsp3) is 0.278. The Kier molecular flexibility index (Phi) is 8.04. The van der Waals surface area contributed by atoms with Crippen LogP contribution in [-0.2, 0) is 0 Å². The first kappa shape index (κ1) is 20.8. The van der Waals surface area contributed by atoms with Crippen molar-refractivity contribution >= 4 is 41.4 Å². The lowest BCUT2D eigenvalue weighted by molar-refractivity contribution is 0.0961. The van der Waals surface area contributed by atoms with Gasteiger partial charge in [0, 0.05) is 5.56 Å². The Balaban J connectivity index is 0.00000288. The molecule has 2 aromatic carbocycles. The third kappa shape index (κ3) is 5.12. The Morgan fingerprint density at radius 2 is 1.75 bits per heavy atom. The van der Waals surface area contributed by atoms with Gasteiger partial charge in [-0.1, -0.05) is 36.2 Å². The molecule has 24 heavy (non-hydrogen) atoms. The zero-order valence-corrected chi connectivity index (χ0v) is 15.8. The summed E-state index contributed by atoms with van der Waals surface area (Å²) in [5, 5.41) is 0.811. The van der Waals surface area contributed by atoms with Gasteiger partial charge < -0.3 is 10.5 Å². The van der Waals surface area contributed by atoms with Crippen LogP contribution >= 0.6 is 35.6 Å². The highest BCUT2D eigenvalue weighted by molar-refractivity contribution is 6.42. The molecule has 2 N–H and O–H groups in total. The Labute approximate surface area is 158 Å². The molecule has 0 aliphatic heterocycles. The van der Waals surface area contributed by atoms with Crippen LogP contribution in [0.25, 0.3) is 0 Å². The predicted molar refractivity (Wildman–Crippen MR) is 102 cm³/mol. The summed E-state index contributed by atoms with van der Waals surface area (Å²) in [4.78, 5) is 12.5. The molecule has 6 heteroatoms. The van der Waals surface area contributed by atoms with Gasteiger partial charge in [0.15, 0.2) is 5.78 Å². The highest BCUT2D eigenvalue weighted by Gasteiger charge is 2.18. The lowest BCUT2D eigenvalue weighted by Crippen LogP contribution is -2.21. The number of rotatable bonds is 6. The van der Waals surface area contributed by atoms with Crippen molar-refractivity contribution in [3.63, 3.8) is 0 Å². The second-order valence-electron chi connectivity index (χ2n) is 5.38. The number of hydrogen-bond donors (Lipinski definition) is 1. The Hall–Kier alpha value is -1.26. The van der Waals surface area contributed by atoms with Gasteiger partial charge >= 0.3 is 0 Å². The maximum Gasteiger partial charge on any atom is 0.184 e. The summed E-state index contributed by atoms with van der Waals surface area (Å²) in [6.07, 6.45) is 1.05. The normalized spacial score (nSPS) is 12.9. The molecule has 0 saturated carbocycles. The van der Waals surface area contributed by atoms with Crippen LogP contribution in [0, 0.1) is 0 Å². The molecule has 0 fully saturated rings. The van der Waals surface area contributed by atoms with Gasteiger partial charge in [-0.25, -0.2) is 0 Å². The first-order valence-corrected chi connectivity index (χ1v) is 8.19. The van der Waals surface area contributed by atoms with Crippen LogP contribution in [-0.4, -0.2) is 11.9 Å². The lowest BCUT2D eigenvalue weighted by Gasteiger charge is -2.14. The highest BCUT2D eigenvalue weighted by atomic mass is 35.5. The second kappa shape index (κ2) is 9.28. The molecule has 0 aromatic heterocycles. The van der Waals surface area contributed by atoms with E-state index in [1.807, 2.05) is 6.92 Å². The third-order valence-corrected chi connectivity index (χ3v) is 4.38. The molecule has 0 radical (unpaired) electrons. The van der Waals surface area contributed by atoms with Gasteiger partial charge in [-0.3, -0.25) is 4.79 Å². The molecule has 0 aliphatic carbocycles. The van der Waals surface area contributed by atoms with Gasteiger partial charge in [0.25, 0.3) is 0 Å². The van der Waals surface area contributed by atoms with Crippen LogP contribution in [0.2, 0.25) is 10.0 Å². The number of carbonyl (C=O) groups excluding carboxylic acids is 1. The molecular weight excluding hydrogens is 369 g/mol. The average Bonchev–Trinajstić information content (AvgIpc) is 2.56. The molecule has 0 bridgehead atoms. The number of ether oxygens (including phenoxy) is 1. The average molecular weight is 389 g/mol. The molecule has 0 spiro atoms. The molecule has 130 valence electrons. The quantitative estimate of drug-likeness (QED) is 0.667.